The first-order chi connectivity index (χ1) is 9.15. The molecule has 1 aliphatic heterocycles. The number of aromatic nitrogens is 1. The zero-order valence-electron chi connectivity index (χ0n) is 9.68. The molecule has 0 radical (unpaired) electrons. The van der Waals surface area contributed by atoms with Crippen LogP contribution in [0.25, 0.3) is 0 Å². The van der Waals surface area contributed by atoms with Gasteiger partial charge in [-0.05, 0) is 12.1 Å². The third-order valence-corrected chi connectivity index (χ3v) is 3.24. The van der Waals surface area contributed by atoms with Crippen LogP contribution in [0.15, 0.2) is 34.6 Å². The number of amidine groups is 1. The van der Waals surface area contributed by atoms with Crippen LogP contribution < -0.4 is 5.32 Å². The molecular weight excluding hydrogens is 268 g/mol. The molecular formula is C11H10N4O3S. The van der Waals surface area contributed by atoms with Gasteiger partial charge in [-0.25, -0.2) is 0 Å². The Morgan fingerprint density at radius 3 is 3.11 bits per heavy atom. The quantitative estimate of drug-likeness (QED) is 0.615. The maximum absolute atomic E-state index is 11.4. The van der Waals surface area contributed by atoms with Gasteiger partial charge in [-0.3, -0.25) is 14.6 Å². The Morgan fingerprint density at radius 2 is 2.42 bits per heavy atom. The lowest BCUT2D eigenvalue weighted by molar-refractivity contribution is -0.138. The number of hydrogen-bond acceptors (Lipinski definition) is 6. The first kappa shape index (κ1) is 13.2. The molecule has 1 aromatic heterocycles. The molecule has 1 saturated heterocycles. The minimum atomic E-state index is -1.02. The van der Waals surface area contributed by atoms with Crippen molar-refractivity contribution in [3.8, 4) is 0 Å². The van der Waals surface area contributed by atoms with Crippen molar-refractivity contribution >= 4 is 35.0 Å². The monoisotopic (exact) mass is 278 g/mol. The molecule has 2 heterocycles. The lowest BCUT2D eigenvalue weighted by Crippen LogP contribution is -2.26. The molecule has 1 atom stereocenters. The van der Waals surface area contributed by atoms with Gasteiger partial charge in [0.15, 0.2) is 5.17 Å². The SMILES string of the molecule is O=C(O)C[C@@H]1S/C(=N\N=C/c2ccccn2)NC1=O. The summed E-state index contributed by atoms with van der Waals surface area (Å²) in [5, 5.41) is 18.3. The van der Waals surface area contributed by atoms with Crippen LogP contribution in [-0.4, -0.2) is 38.6 Å². The van der Waals surface area contributed by atoms with Crippen LogP contribution in [0, 0.1) is 0 Å². The van der Waals surface area contributed by atoms with Gasteiger partial charge in [-0.1, -0.05) is 17.8 Å². The maximum Gasteiger partial charge on any atom is 0.305 e. The average Bonchev–Trinajstić information content (AvgIpc) is 2.70. The number of carboxylic acid groups (broad SMARTS) is 1. The van der Waals surface area contributed by atoms with Crippen LogP contribution >= 0.6 is 11.8 Å². The highest BCUT2D eigenvalue weighted by Crippen LogP contribution is 2.22. The van der Waals surface area contributed by atoms with Crippen molar-refractivity contribution < 1.29 is 14.7 Å². The minimum absolute atomic E-state index is 0.237. The fourth-order valence-corrected chi connectivity index (χ4v) is 2.25. The standard InChI is InChI=1S/C11H10N4O3S/c16-9(17)5-8-10(18)14-11(19-8)15-13-6-7-3-1-2-4-12-7/h1-4,6,8H,5H2,(H,16,17)(H,14,15,18)/b13-6-/t8-/m0/s1. The Kier molecular flexibility index (Phi) is 4.24. The number of carbonyl (C=O) groups is 2. The third kappa shape index (κ3) is 3.88. The fourth-order valence-electron chi connectivity index (χ4n) is 1.34. The lowest BCUT2D eigenvalue weighted by atomic mass is 10.3. The van der Waals surface area contributed by atoms with Crippen molar-refractivity contribution in [1.29, 1.82) is 0 Å². The number of thioether (sulfide) groups is 1. The first-order valence-electron chi connectivity index (χ1n) is 5.36. The molecule has 8 heteroatoms. The molecule has 1 aliphatic rings. The molecule has 0 unspecified atom stereocenters. The predicted molar refractivity (Wildman–Crippen MR) is 71.0 cm³/mol. The van der Waals surface area contributed by atoms with E-state index in [2.05, 4.69) is 20.5 Å². The number of rotatable bonds is 4. The summed E-state index contributed by atoms with van der Waals surface area (Å²) in [6.07, 6.45) is 2.84. The number of hydrogen-bond donors (Lipinski definition) is 2. The molecule has 98 valence electrons. The Bertz CT molecular complexity index is 544. The maximum atomic E-state index is 11.4. The van der Waals surface area contributed by atoms with Crippen LogP contribution in [0.1, 0.15) is 12.1 Å². The van der Waals surface area contributed by atoms with Crippen LogP contribution in [0.4, 0.5) is 0 Å². The number of amides is 1. The average molecular weight is 278 g/mol. The van der Waals surface area contributed by atoms with Crippen molar-refractivity contribution in [2.75, 3.05) is 0 Å². The van der Waals surface area contributed by atoms with E-state index in [4.69, 9.17) is 5.11 Å². The van der Waals surface area contributed by atoms with E-state index in [0.717, 1.165) is 11.8 Å². The number of nitrogens with one attached hydrogen (secondary N) is 1. The van der Waals surface area contributed by atoms with Gasteiger partial charge in [0.1, 0.15) is 5.25 Å². The summed E-state index contributed by atoms with van der Waals surface area (Å²) in [6.45, 7) is 0. The van der Waals surface area contributed by atoms with Gasteiger partial charge in [0.25, 0.3) is 0 Å². The molecule has 2 rings (SSSR count). The number of pyridine rings is 1. The van der Waals surface area contributed by atoms with E-state index >= 15 is 0 Å². The molecule has 7 nitrogen and oxygen atoms in total. The summed E-state index contributed by atoms with van der Waals surface area (Å²) in [4.78, 5) is 26.0. The molecule has 0 spiro atoms. The molecule has 1 fully saturated rings. The molecule has 0 aliphatic carbocycles. The van der Waals surface area contributed by atoms with E-state index in [9.17, 15) is 9.59 Å². The van der Waals surface area contributed by atoms with Crippen LogP contribution in [0.3, 0.4) is 0 Å². The van der Waals surface area contributed by atoms with E-state index in [-0.39, 0.29) is 12.3 Å². The van der Waals surface area contributed by atoms with Gasteiger partial charge in [0, 0.05) is 6.20 Å². The zero-order valence-corrected chi connectivity index (χ0v) is 10.5. The van der Waals surface area contributed by atoms with Gasteiger partial charge in [-0.15, -0.1) is 5.10 Å². The largest absolute Gasteiger partial charge is 0.481 e. The summed E-state index contributed by atoms with van der Waals surface area (Å²) in [7, 11) is 0. The van der Waals surface area contributed by atoms with Gasteiger partial charge in [-0.2, -0.15) is 5.10 Å². The molecule has 1 aromatic rings. The third-order valence-electron chi connectivity index (χ3n) is 2.16. The van der Waals surface area contributed by atoms with E-state index in [1.165, 1.54) is 6.21 Å². The first-order valence-corrected chi connectivity index (χ1v) is 6.24. The normalized spacial score (nSPS) is 20.9. The van der Waals surface area contributed by atoms with Gasteiger partial charge >= 0.3 is 5.97 Å². The fraction of sp³-hybridized carbons (Fsp3) is 0.182. The molecule has 1 amide bonds. The second kappa shape index (κ2) is 6.10. The van der Waals surface area contributed by atoms with E-state index < -0.39 is 11.2 Å². The number of carboxylic acids is 1. The van der Waals surface area contributed by atoms with Crippen molar-refractivity contribution in [3.63, 3.8) is 0 Å². The predicted octanol–water partition coefficient (Wildman–Crippen LogP) is 0.478. The van der Waals surface area contributed by atoms with E-state index in [0.29, 0.717) is 10.9 Å². The molecule has 0 saturated carbocycles. The summed E-state index contributed by atoms with van der Waals surface area (Å²) in [5.41, 5.74) is 0.642. The second-order valence-electron chi connectivity index (χ2n) is 3.60. The minimum Gasteiger partial charge on any atom is -0.481 e. The summed E-state index contributed by atoms with van der Waals surface area (Å²) < 4.78 is 0. The van der Waals surface area contributed by atoms with Crippen LogP contribution in [0.2, 0.25) is 0 Å². The van der Waals surface area contributed by atoms with Crippen molar-refractivity contribution in [2.45, 2.75) is 11.7 Å². The molecule has 19 heavy (non-hydrogen) atoms. The van der Waals surface area contributed by atoms with E-state index in [1.54, 1.807) is 18.3 Å². The van der Waals surface area contributed by atoms with Crippen LogP contribution in [0.5, 0.6) is 0 Å². The highest BCUT2D eigenvalue weighted by atomic mass is 32.2. The van der Waals surface area contributed by atoms with Gasteiger partial charge in [0.05, 0.1) is 18.3 Å². The number of nitrogens with zero attached hydrogens (tertiary/aromatic N) is 3. The van der Waals surface area contributed by atoms with Gasteiger partial charge in [0.2, 0.25) is 5.91 Å². The highest BCUT2D eigenvalue weighted by Gasteiger charge is 2.32. The number of aliphatic carboxylic acids is 1. The zero-order chi connectivity index (χ0) is 13.7. The Morgan fingerprint density at radius 1 is 1.58 bits per heavy atom. The highest BCUT2D eigenvalue weighted by molar-refractivity contribution is 8.15. The summed E-state index contributed by atoms with van der Waals surface area (Å²) in [6, 6.07) is 5.36. The van der Waals surface area contributed by atoms with Crippen LogP contribution in [-0.2, 0) is 9.59 Å². The Balaban J connectivity index is 1.96. The smallest absolute Gasteiger partial charge is 0.305 e. The second-order valence-corrected chi connectivity index (χ2v) is 4.79. The molecule has 2 N–H and O–H groups in total. The van der Waals surface area contributed by atoms with Gasteiger partial charge < -0.3 is 10.4 Å². The number of carbonyl (C=O) groups excluding carboxylic acids is 1. The van der Waals surface area contributed by atoms with Crippen molar-refractivity contribution in [2.24, 2.45) is 10.2 Å². The lowest BCUT2D eigenvalue weighted by Gasteiger charge is -1.97. The Hall–Kier alpha value is -2.22. The topological polar surface area (TPSA) is 104 Å². The summed E-state index contributed by atoms with van der Waals surface area (Å²) in [5.74, 6) is -1.38. The van der Waals surface area contributed by atoms with Crippen molar-refractivity contribution in [3.05, 3.63) is 30.1 Å². The van der Waals surface area contributed by atoms with Crippen molar-refractivity contribution in [1.82, 2.24) is 10.3 Å². The summed E-state index contributed by atoms with van der Waals surface area (Å²) >= 11 is 1.06. The molecule has 0 aromatic carbocycles. The molecule has 0 bridgehead atoms. The Labute approximate surface area is 112 Å². The van der Waals surface area contributed by atoms with E-state index in [1.807, 2.05) is 6.07 Å².